The molecule has 1 amide bonds. The van der Waals surface area contributed by atoms with E-state index in [2.05, 4.69) is 10.4 Å². The van der Waals surface area contributed by atoms with Gasteiger partial charge >= 0.3 is 5.69 Å². The lowest BCUT2D eigenvalue weighted by atomic mass is 10.3. The second-order valence-corrected chi connectivity index (χ2v) is 4.60. The van der Waals surface area contributed by atoms with Crippen LogP contribution in [-0.4, -0.2) is 20.1 Å². The number of benzene rings is 1. The van der Waals surface area contributed by atoms with Gasteiger partial charge in [0.2, 0.25) is 5.91 Å². The molecule has 0 spiro atoms. The van der Waals surface area contributed by atoms with E-state index in [0.717, 1.165) is 5.69 Å². The van der Waals surface area contributed by atoms with Gasteiger partial charge in [-0.1, -0.05) is 24.3 Å². The topological polar surface area (TPSA) is 68.4 Å². The Kier molecular flexibility index (Phi) is 3.51. The fourth-order valence-electron chi connectivity index (χ4n) is 2.07. The fraction of sp³-hybridized carbons (Fsp3) is 0.133. The van der Waals surface area contributed by atoms with E-state index < -0.39 is 0 Å². The Bertz CT molecular complexity index is 820. The Morgan fingerprint density at radius 3 is 2.62 bits per heavy atom. The first kappa shape index (κ1) is 13.1. The maximum absolute atomic E-state index is 12.0. The summed E-state index contributed by atoms with van der Waals surface area (Å²) in [6.07, 6.45) is 1.85. The largest absolute Gasteiger partial charge is 0.350 e. The fourth-order valence-corrected chi connectivity index (χ4v) is 2.07. The maximum Gasteiger partial charge on any atom is 0.350 e. The standard InChI is InChI=1S/C15H14N4O2/c20-14(16-12-6-2-1-3-7-12)9-11-19-15(21)18-10-5-4-8-13(18)17-19/h1-8,10H,9,11H2,(H,16,20). The lowest BCUT2D eigenvalue weighted by Crippen LogP contribution is -2.24. The van der Waals surface area contributed by atoms with Crippen molar-refractivity contribution in [1.29, 1.82) is 0 Å². The molecule has 21 heavy (non-hydrogen) atoms. The van der Waals surface area contributed by atoms with Crippen LogP contribution in [0.3, 0.4) is 0 Å². The zero-order valence-electron chi connectivity index (χ0n) is 11.3. The molecular formula is C15H14N4O2. The van der Waals surface area contributed by atoms with E-state index in [0.29, 0.717) is 5.65 Å². The summed E-state index contributed by atoms with van der Waals surface area (Å²) in [4.78, 5) is 23.9. The normalized spacial score (nSPS) is 10.7. The van der Waals surface area contributed by atoms with Crippen molar-refractivity contribution in [3.05, 3.63) is 65.2 Å². The Morgan fingerprint density at radius 1 is 1.10 bits per heavy atom. The first-order chi connectivity index (χ1) is 10.2. The molecule has 3 aromatic rings. The van der Waals surface area contributed by atoms with Crippen LogP contribution in [0.4, 0.5) is 5.69 Å². The molecule has 1 aromatic carbocycles. The molecule has 0 aliphatic carbocycles. The highest BCUT2D eigenvalue weighted by atomic mass is 16.2. The lowest BCUT2D eigenvalue weighted by molar-refractivity contribution is -0.116. The van der Waals surface area contributed by atoms with Crippen LogP contribution in [-0.2, 0) is 11.3 Å². The number of hydrogen-bond donors (Lipinski definition) is 1. The molecule has 0 fully saturated rings. The summed E-state index contributed by atoms with van der Waals surface area (Å²) in [5.74, 6) is -0.148. The van der Waals surface area contributed by atoms with Gasteiger partial charge in [-0.3, -0.25) is 9.20 Å². The molecule has 6 nitrogen and oxygen atoms in total. The first-order valence-corrected chi connectivity index (χ1v) is 6.63. The number of rotatable bonds is 4. The van der Waals surface area contributed by atoms with Gasteiger partial charge in [0.15, 0.2) is 5.65 Å². The molecule has 0 radical (unpaired) electrons. The number of fused-ring (bicyclic) bond motifs is 1. The Hall–Kier alpha value is -2.89. The Labute approximate surface area is 120 Å². The minimum absolute atomic E-state index is 0.148. The van der Waals surface area contributed by atoms with E-state index in [1.54, 1.807) is 18.3 Å². The van der Waals surface area contributed by atoms with Crippen LogP contribution in [0.2, 0.25) is 0 Å². The summed E-state index contributed by atoms with van der Waals surface area (Å²) >= 11 is 0. The molecule has 0 bridgehead atoms. The van der Waals surface area contributed by atoms with E-state index in [1.165, 1.54) is 9.08 Å². The van der Waals surface area contributed by atoms with Crippen molar-refractivity contribution in [3.8, 4) is 0 Å². The number of amides is 1. The number of pyridine rings is 1. The van der Waals surface area contributed by atoms with Crippen LogP contribution < -0.4 is 11.0 Å². The maximum atomic E-state index is 12.0. The van der Waals surface area contributed by atoms with Crippen molar-refractivity contribution in [2.45, 2.75) is 13.0 Å². The molecular weight excluding hydrogens is 268 g/mol. The third-order valence-electron chi connectivity index (χ3n) is 3.10. The van der Waals surface area contributed by atoms with Crippen molar-refractivity contribution >= 4 is 17.2 Å². The van der Waals surface area contributed by atoms with Gasteiger partial charge in [-0.2, -0.15) is 0 Å². The van der Waals surface area contributed by atoms with Crippen LogP contribution in [0.25, 0.3) is 5.65 Å². The molecule has 0 aliphatic rings. The molecule has 0 aliphatic heterocycles. The van der Waals surface area contributed by atoms with Crippen molar-refractivity contribution in [2.24, 2.45) is 0 Å². The number of carbonyl (C=O) groups is 1. The van der Waals surface area contributed by atoms with Crippen molar-refractivity contribution in [1.82, 2.24) is 14.2 Å². The van der Waals surface area contributed by atoms with Crippen LogP contribution in [0.15, 0.2) is 59.5 Å². The number of aromatic nitrogens is 3. The summed E-state index contributed by atoms with van der Waals surface area (Å²) in [5.41, 5.74) is 1.08. The van der Waals surface area contributed by atoms with Crippen LogP contribution in [0.5, 0.6) is 0 Å². The van der Waals surface area contributed by atoms with Gasteiger partial charge in [0, 0.05) is 18.3 Å². The van der Waals surface area contributed by atoms with Gasteiger partial charge < -0.3 is 5.32 Å². The molecule has 1 N–H and O–H groups in total. The van der Waals surface area contributed by atoms with Crippen molar-refractivity contribution in [2.75, 3.05) is 5.32 Å². The minimum atomic E-state index is -0.238. The molecule has 106 valence electrons. The minimum Gasteiger partial charge on any atom is -0.326 e. The summed E-state index contributed by atoms with van der Waals surface area (Å²) in [6.45, 7) is 0.249. The molecule has 0 saturated heterocycles. The third kappa shape index (κ3) is 2.84. The Morgan fingerprint density at radius 2 is 1.86 bits per heavy atom. The molecule has 0 saturated carbocycles. The third-order valence-corrected chi connectivity index (χ3v) is 3.10. The van der Waals surface area contributed by atoms with E-state index >= 15 is 0 Å². The van der Waals surface area contributed by atoms with Gasteiger partial charge in [-0.25, -0.2) is 9.48 Å². The zero-order valence-corrected chi connectivity index (χ0v) is 11.3. The highest BCUT2D eigenvalue weighted by Crippen LogP contribution is 2.05. The van der Waals surface area contributed by atoms with Gasteiger partial charge in [0.1, 0.15) is 0 Å². The molecule has 0 atom stereocenters. The number of nitrogens with one attached hydrogen (secondary N) is 1. The highest BCUT2D eigenvalue weighted by Gasteiger charge is 2.08. The van der Waals surface area contributed by atoms with E-state index in [-0.39, 0.29) is 24.6 Å². The molecule has 2 heterocycles. The average molecular weight is 282 g/mol. The Balaban J connectivity index is 1.68. The summed E-state index contributed by atoms with van der Waals surface area (Å²) in [5, 5.41) is 6.95. The van der Waals surface area contributed by atoms with Gasteiger partial charge in [-0.15, -0.1) is 5.10 Å². The van der Waals surface area contributed by atoms with E-state index in [1.807, 2.05) is 36.4 Å². The van der Waals surface area contributed by atoms with E-state index in [4.69, 9.17) is 0 Å². The molecule has 6 heteroatoms. The molecule has 2 aromatic heterocycles. The smallest absolute Gasteiger partial charge is 0.326 e. The van der Waals surface area contributed by atoms with Gasteiger partial charge in [0.25, 0.3) is 0 Å². The van der Waals surface area contributed by atoms with Gasteiger partial charge in [-0.05, 0) is 24.3 Å². The van der Waals surface area contributed by atoms with Crippen LogP contribution >= 0.6 is 0 Å². The zero-order chi connectivity index (χ0) is 14.7. The number of anilines is 1. The quantitative estimate of drug-likeness (QED) is 0.789. The van der Waals surface area contributed by atoms with Crippen molar-refractivity contribution < 1.29 is 4.79 Å². The van der Waals surface area contributed by atoms with Crippen LogP contribution in [0, 0.1) is 0 Å². The number of nitrogens with zero attached hydrogens (tertiary/aromatic N) is 3. The number of hydrogen-bond acceptors (Lipinski definition) is 3. The molecule has 0 unspecified atom stereocenters. The average Bonchev–Trinajstić information content (AvgIpc) is 2.83. The second kappa shape index (κ2) is 5.62. The predicted octanol–water partition coefficient (Wildman–Crippen LogP) is 1.52. The monoisotopic (exact) mass is 282 g/mol. The number of aryl methyl sites for hydroxylation is 1. The first-order valence-electron chi connectivity index (χ1n) is 6.63. The second-order valence-electron chi connectivity index (χ2n) is 4.60. The SMILES string of the molecule is O=C(CCn1nc2ccccn2c1=O)Nc1ccccc1. The number of carbonyl (C=O) groups excluding carboxylic acids is 1. The van der Waals surface area contributed by atoms with Gasteiger partial charge in [0.05, 0.1) is 6.54 Å². The summed E-state index contributed by atoms with van der Waals surface area (Å²) < 4.78 is 2.76. The van der Waals surface area contributed by atoms with E-state index in [9.17, 15) is 9.59 Å². The predicted molar refractivity (Wildman–Crippen MR) is 79.1 cm³/mol. The highest BCUT2D eigenvalue weighted by molar-refractivity contribution is 5.90. The number of para-hydroxylation sites is 1. The summed E-state index contributed by atoms with van der Waals surface area (Å²) in [7, 11) is 0. The van der Waals surface area contributed by atoms with Crippen LogP contribution in [0.1, 0.15) is 6.42 Å². The lowest BCUT2D eigenvalue weighted by Gasteiger charge is -2.04. The molecule has 3 rings (SSSR count). The summed E-state index contributed by atoms with van der Waals surface area (Å²) in [6, 6.07) is 14.5. The van der Waals surface area contributed by atoms with Crippen molar-refractivity contribution in [3.63, 3.8) is 0 Å².